The van der Waals surface area contributed by atoms with Crippen molar-refractivity contribution in [2.75, 3.05) is 13.4 Å². The summed E-state index contributed by atoms with van der Waals surface area (Å²) in [6.07, 6.45) is 2.18. The van der Waals surface area contributed by atoms with Gasteiger partial charge in [-0.3, -0.25) is 0 Å². The topological polar surface area (TPSA) is 68.3 Å². The van der Waals surface area contributed by atoms with Gasteiger partial charge in [0.15, 0.2) is 0 Å². The second-order valence-corrected chi connectivity index (χ2v) is 6.97. The molecule has 0 aliphatic carbocycles. The van der Waals surface area contributed by atoms with Gasteiger partial charge in [0.25, 0.3) is 0 Å². The van der Waals surface area contributed by atoms with Crippen LogP contribution in [0.3, 0.4) is 0 Å². The Bertz CT molecular complexity index is 844. The Balaban J connectivity index is 2.45. The average molecular weight is 363 g/mol. The fraction of sp³-hybridized carbons (Fsp3) is 0.214. The summed E-state index contributed by atoms with van der Waals surface area (Å²) in [6.45, 7) is -0.219. The minimum absolute atomic E-state index is 0.109. The molecule has 23 heavy (non-hydrogen) atoms. The summed E-state index contributed by atoms with van der Waals surface area (Å²) in [7, 11) is -2.08. The zero-order valence-electron chi connectivity index (χ0n) is 12.2. The molecule has 0 unspecified atom stereocenters. The molecule has 0 fully saturated rings. The van der Waals surface area contributed by atoms with Gasteiger partial charge in [-0.2, -0.15) is 4.39 Å². The van der Waals surface area contributed by atoms with E-state index in [4.69, 9.17) is 16.3 Å². The number of rotatable bonds is 5. The quantitative estimate of drug-likeness (QED) is 0.830. The summed E-state index contributed by atoms with van der Waals surface area (Å²) in [5.74, 6) is -1.19. The van der Waals surface area contributed by atoms with Crippen LogP contribution in [0.1, 0.15) is 5.56 Å². The Kier molecular flexibility index (Phi) is 5.18. The summed E-state index contributed by atoms with van der Waals surface area (Å²) >= 11 is 5.68. The molecule has 0 saturated heterocycles. The highest BCUT2D eigenvalue weighted by Crippen LogP contribution is 2.33. The van der Waals surface area contributed by atoms with Gasteiger partial charge in [-0.1, -0.05) is 11.6 Å². The first-order valence-corrected chi connectivity index (χ1v) is 8.60. The lowest BCUT2D eigenvalue weighted by atomic mass is 10.0. The Hall–Kier alpha value is -1.77. The second kappa shape index (κ2) is 6.77. The van der Waals surface area contributed by atoms with Gasteiger partial charge in [0.2, 0.25) is 16.0 Å². The smallest absolute Gasteiger partial charge is 0.231 e. The van der Waals surface area contributed by atoms with E-state index in [9.17, 15) is 17.2 Å². The largest absolute Gasteiger partial charge is 0.496 e. The van der Waals surface area contributed by atoms with Gasteiger partial charge in [0, 0.05) is 29.4 Å². The maximum Gasteiger partial charge on any atom is 0.231 e. The van der Waals surface area contributed by atoms with Crippen LogP contribution < -0.4 is 9.46 Å². The minimum Gasteiger partial charge on any atom is -0.496 e. The summed E-state index contributed by atoms with van der Waals surface area (Å²) in [4.78, 5) is 3.48. The van der Waals surface area contributed by atoms with Gasteiger partial charge < -0.3 is 4.74 Å². The predicted octanol–water partition coefficient (Wildman–Crippen LogP) is 2.74. The van der Waals surface area contributed by atoms with E-state index in [-0.39, 0.29) is 22.9 Å². The molecule has 5 nitrogen and oxygen atoms in total. The number of methoxy groups -OCH3 is 1. The lowest BCUT2D eigenvalue weighted by Crippen LogP contribution is -2.21. The van der Waals surface area contributed by atoms with Crippen molar-refractivity contribution in [2.45, 2.75) is 6.54 Å². The van der Waals surface area contributed by atoms with Crippen molar-refractivity contribution in [1.29, 1.82) is 0 Å². The number of pyridine rings is 1. The average Bonchev–Trinajstić information content (AvgIpc) is 2.47. The number of aromatic nitrogens is 1. The van der Waals surface area contributed by atoms with Gasteiger partial charge in [-0.05, 0) is 18.2 Å². The van der Waals surface area contributed by atoms with E-state index in [0.29, 0.717) is 11.1 Å². The van der Waals surface area contributed by atoms with Crippen LogP contribution in [-0.2, 0) is 16.6 Å². The number of hydrogen-bond donors (Lipinski definition) is 1. The fourth-order valence-electron chi connectivity index (χ4n) is 1.90. The van der Waals surface area contributed by atoms with Crippen LogP contribution in [0.5, 0.6) is 5.75 Å². The Morgan fingerprint density at radius 1 is 1.30 bits per heavy atom. The SMILES string of the molecule is COc1cc(CNS(C)(=O)=O)c(F)cc1-c1cnc(F)c(Cl)c1. The van der Waals surface area contributed by atoms with Gasteiger partial charge in [0.1, 0.15) is 11.6 Å². The number of halogens is 3. The molecule has 0 spiro atoms. The normalized spacial score (nSPS) is 11.5. The van der Waals surface area contributed by atoms with Crippen LogP contribution >= 0.6 is 11.6 Å². The van der Waals surface area contributed by atoms with Crippen molar-refractivity contribution in [3.8, 4) is 16.9 Å². The van der Waals surface area contributed by atoms with Gasteiger partial charge >= 0.3 is 0 Å². The lowest BCUT2D eigenvalue weighted by Gasteiger charge is -2.12. The van der Waals surface area contributed by atoms with E-state index in [1.165, 1.54) is 25.4 Å². The number of nitrogens with zero attached hydrogens (tertiary/aromatic N) is 1. The first-order valence-electron chi connectivity index (χ1n) is 6.33. The molecule has 0 radical (unpaired) electrons. The van der Waals surface area contributed by atoms with E-state index >= 15 is 0 Å². The maximum atomic E-state index is 14.2. The van der Waals surface area contributed by atoms with E-state index in [0.717, 1.165) is 12.3 Å². The Labute approximate surface area is 137 Å². The van der Waals surface area contributed by atoms with Crippen LogP contribution in [0.2, 0.25) is 5.02 Å². The van der Waals surface area contributed by atoms with Crippen molar-refractivity contribution in [3.63, 3.8) is 0 Å². The number of nitrogens with one attached hydrogen (secondary N) is 1. The predicted molar refractivity (Wildman–Crippen MR) is 82.8 cm³/mol. The van der Waals surface area contributed by atoms with E-state index < -0.39 is 21.8 Å². The summed E-state index contributed by atoms with van der Waals surface area (Å²) in [6, 6.07) is 3.82. The molecule has 0 bridgehead atoms. The van der Waals surface area contributed by atoms with Crippen LogP contribution in [0.4, 0.5) is 8.78 Å². The van der Waals surface area contributed by atoms with Crippen molar-refractivity contribution >= 4 is 21.6 Å². The highest BCUT2D eigenvalue weighted by atomic mass is 35.5. The number of benzene rings is 1. The summed E-state index contributed by atoms with van der Waals surface area (Å²) in [5.41, 5.74) is 0.800. The molecule has 1 N–H and O–H groups in total. The number of hydrogen-bond acceptors (Lipinski definition) is 4. The Morgan fingerprint density at radius 3 is 2.57 bits per heavy atom. The van der Waals surface area contributed by atoms with Crippen LogP contribution in [-0.4, -0.2) is 26.8 Å². The van der Waals surface area contributed by atoms with Crippen molar-refractivity contribution in [3.05, 3.63) is 46.7 Å². The molecule has 9 heteroatoms. The minimum atomic E-state index is -3.46. The van der Waals surface area contributed by atoms with Crippen LogP contribution in [0.15, 0.2) is 24.4 Å². The molecule has 0 saturated carbocycles. The molecule has 2 aromatic rings. The molecule has 0 atom stereocenters. The molecule has 0 amide bonds. The summed E-state index contributed by atoms with van der Waals surface area (Å²) in [5, 5.41) is -0.201. The van der Waals surface area contributed by atoms with Crippen molar-refractivity contribution < 1.29 is 21.9 Å². The summed E-state index contributed by atoms with van der Waals surface area (Å²) < 4.78 is 56.9. The Morgan fingerprint density at radius 2 is 2.00 bits per heavy atom. The van der Waals surface area contributed by atoms with Crippen LogP contribution in [0.25, 0.3) is 11.1 Å². The highest BCUT2D eigenvalue weighted by Gasteiger charge is 2.15. The van der Waals surface area contributed by atoms with E-state index in [2.05, 4.69) is 9.71 Å². The third kappa shape index (κ3) is 4.37. The van der Waals surface area contributed by atoms with Crippen molar-refractivity contribution in [1.82, 2.24) is 9.71 Å². The molecular formula is C14H13ClF2N2O3S. The van der Waals surface area contributed by atoms with Gasteiger partial charge in [0.05, 0.1) is 18.4 Å². The molecule has 124 valence electrons. The maximum absolute atomic E-state index is 14.2. The lowest BCUT2D eigenvalue weighted by molar-refractivity contribution is 0.414. The molecule has 0 aliphatic rings. The monoisotopic (exact) mass is 362 g/mol. The highest BCUT2D eigenvalue weighted by molar-refractivity contribution is 7.88. The third-order valence-electron chi connectivity index (χ3n) is 3.00. The zero-order valence-corrected chi connectivity index (χ0v) is 13.8. The van der Waals surface area contributed by atoms with E-state index in [1.807, 2.05) is 0 Å². The zero-order chi connectivity index (χ0) is 17.2. The molecule has 1 aromatic heterocycles. The van der Waals surface area contributed by atoms with Crippen molar-refractivity contribution in [2.24, 2.45) is 0 Å². The molecule has 1 aromatic carbocycles. The molecule has 1 heterocycles. The third-order valence-corrected chi connectivity index (χ3v) is 3.93. The second-order valence-electron chi connectivity index (χ2n) is 4.73. The molecule has 0 aliphatic heterocycles. The molecule has 2 rings (SSSR count). The number of sulfonamides is 1. The first-order chi connectivity index (χ1) is 10.7. The standard InChI is InChI=1S/C14H13ClF2N2O3S/c1-22-13-4-9(7-19-23(2,20)21)12(16)5-10(13)8-3-11(15)14(17)18-6-8/h3-6,19H,7H2,1-2H3. The van der Waals surface area contributed by atoms with E-state index in [1.54, 1.807) is 0 Å². The first kappa shape index (κ1) is 17.6. The van der Waals surface area contributed by atoms with Crippen LogP contribution in [0, 0.1) is 11.8 Å². The number of ether oxygens (including phenoxy) is 1. The fourth-order valence-corrected chi connectivity index (χ4v) is 2.49. The van der Waals surface area contributed by atoms with Gasteiger partial charge in [-0.25, -0.2) is 22.5 Å². The van der Waals surface area contributed by atoms with Gasteiger partial charge in [-0.15, -0.1) is 0 Å². The molecular weight excluding hydrogens is 350 g/mol.